The molecule has 0 atom stereocenters. The summed E-state index contributed by atoms with van der Waals surface area (Å²) in [5, 5.41) is 6.25. The van der Waals surface area contributed by atoms with E-state index in [2.05, 4.69) is 10.6 Å². The zero-order valence-corrected chi connectivity index (χ0v) is 9.84. The van der Waals surface area contributed by atoms with E-state index in [9.17, 15) is 4.79 Å². The lowest BCUT2D eigenvalue weighted by Gasteiger charge is -2.22. The highest BCUT2D eigenvalue weighted by molar-refractivity contribution is 5.75. The van der Waals surface area contributed by atoms with E-state index in [1.165, 1.54) is 12.8 Å². The molecule has 16 heavy (non-hydrogen) atoms. The summed E-state index contributed by atoms with van der Waals surface area (Å²) in [5.41, 5.74) is 0. The Morgan fingerprint density at radius 2 is 2.00 bits per heavy atom. The van der Waals surface area contributed by atoms with Crippen molar-refractivity contribution in [3.63, 3.8) is 0 Å². The number of piperidine rings is 1. The normalized spacial score (nSPS) is 22.0. The van der Waals surface area contributed by atoms with Crippen LogP contribution in [0.3, 0.4) is 0 Å². The molecule has 1 saturated heterocycles. The molecule has 0 aromatic heterocycles. The van der Waals surface area contributed by atoms with Gasteiger partial charge in [-0.3, -0.25) is 4.79 Å². The molecule has 4 nitrogen and oxygen atoms in total. The first-order valence-electron chi connectivity index (χ1n) is 6.43. The van der Waals surface area contributed by atoms with Gasteiger partial charge in [0.05, 0.1) is 12.7 Å². The van der Waals surface area contributed by atoms with Crippen molar-refractivity contribution in [3.8, 4) is 0 Å². The average Bonchev–Trinajstić information content (AvgIpc) is 3.12. The van der Waals surface area contributed by atoms with Gasteiger partial charge in [0.1, 0.15) is 0 Å². The van der Waals surface area contributed by atoms with E-state index in [0.717, 1.165) is 38.4 Å². The molecule has 1 aliphatic heterocycles. The monoisotopic (exact) mass is 226 g/mol. The Kier molecular flexibility index (Phi) is 4.60. The lowest BCUT2D eigenvalue weighted by atomic mass is 10.1. The average molecular weight is 226 g/mol. The van der Waals surface area contributed by atoms with Crippen molar-refractivity contribution in [1.29, 1.82) is 0 Å². The highest BCUT2D eigenvalue weighted by atomic mass is 16.5. The van der Waals surface area contributed by atoms with E-state index in [1.54, 1.807) is 0 Å². The SMILES string of the molecule is O=C(CCOC1CCNCC1)NCC1CC1. The van der Waals surface area contributed by atoms with Crippen molar-refractivity contribution >= 4 is 5.91 Å². The Labute approximate surface area is 97.1 Å². The van der Waals surface area contributed by atoms with Crippen LogP contribution in [0, 0.1) is 5.92 Å². The summed E-state index contributed by atoms with van der Waals surface area (Å²) in [5.74, 6) is 0.898. The summed E-state index contributed by atoms with van der Waals surface area (Å²) in [6, 6.07) is 0. The second-order valence-corrected chi connectivity index (χ2v) is 4.82. The number of carbonyl (C=O) groups excluding carboxylic acids is 1. The van der Waals surface area contributed by atoms with Gasteiger partial charge in [0.25, 0.3) is 0 Å². The molecule has 0 spiro atoms. The number of carbonyl (C=O) groups is 1. The van der Waals surface area contributed by atoms with Gasteiger partial charge in [-0.25, -0.2) is 0 Å². The van der Waals surface area contributed by atoms with Crippen LogP contribution in [-0.2, 0) is 9.53 Å². The first-order valence-corrected chi connectivity index (χ1v) is 6.43. The summed E-state index contributed by atoms with van der Waals surface area (Å²) in [7, 11) is 0. The standard InChI is InChI=1S/C12H22N2O2/c15-12(14-9-10-1-2-10)5-8-16-11-3-6-13-7-4-11/h10-11,13H,1-9H2,(H,14,15). The van der Waals surface area contributed by atoms with Crippen molar-refractivity contribution in [2.75, 3.05) is 26.2 Å². The molecule has 1 heterocycles. The second kappa shape index (κ2) is 6.21. The molecule has 1 aliphatic carbocycles. The van der Waals surface area contributed by atoms with Crippen LogP contribution >= 0.6 is 0 Å². The first kappa shape index (κ1) is 11.9. The van der Waals surface area contributed by atoms with Crippen LogP contribution in [0.15, 0.2) is 0 Å². The van der Waals surface area contributed by atoms with Gasteiger partial charge < -0.3 is 15.4 Å². The third-order valence-electron chi connectivity index (χ3n) is 3.25. The predicted octanol–water partition coefficient (Wildman–Crippen LogP) is 0.671. The van der Waals surface area contributed by atoms with Crippen molar-refractivity contribution < 1.29 is 9.53 Å². The highest BCUT2D eigenvalue weighted by Gasteiger charge is 2.21. The molecule has 2 fully saturated rings. The van der Waals surface area contributed by atoms with Crippen molar-refractivity contribution in [2.45, 2.75) is 38.2 Å². The summed E-state index contributed by atoms with van der Waals surface area (Å²) >= 11 is 0. The maximum absolute atomic E-state index is 11.4. The Balaban J connectivity index is 1.47. The molecule has 0 bridgehead atoms. The first-order chi connectivity index (χ1) is 7.84. The number of rotatable bonds is 6. The molecule has 92 valence electrons. The summed E-state index contributed by atoms with van der Waals surface area (Å²) in [4.78, 5) is 11.4. The molecule has 0 aromatic carbocycles. The van der Waals surface area contributed by atoms with E-state index in [0.29, 0.717) is 19.1 Å². The van der Waals surface area contributed by atoms with E-state index < -0.39 is 0 Å². The fourth-order valence-corrected chi connectivity index (χ4v) is 1.95. The smallest absolute Gasteiger partial charge is 0.222 e. The van der Waals surface area contributed by atoms with Gasteiger partial charge in [0.2, 0.25) is 5.91 Å². The lowest BCUT2D eigenvalue weighted by molar-refractivity contribution is -0.122. The third-order valence-corrected chi connectivity index (χ3v) is 3.25. The van der Waals surface area contributed by atoms with Crippen molar-refractivity contribution in [3.05, 3.63) is 0 Å². The molecule has 1 amide bonds. The summed E-state index contributed by atoms with van der Waals surface area (Å²) < 4.78 is 5.68. The van der Waals surface area contributed by atoms with Crippen LogP contribution in [0.5, 0.6) is 0 Å². The van der Waals surface area contributed by atoms with E-state index >= 15 is 0 Å². The van der Waals surface area contributed by atoms with Gasteiger partial charge in [-0.05, 0) is 44.7 Å². The van der Waals surface area contributed by atoms with Crippen LogP contribution in [0.1, 0.15) is 32.1 Å². The number of hydrogen-bond acceptors (Lipinski definition) is 3. The molecule has 1 saturated carbocycles. The zero-order chi connectivity index (χ0) is 11.2. The minimum absolute atomic E-state index is 0.140. The van der Waals surface area contributed by atoms with Gasteiger partial charge in [-0.2, -0.15) is 0 Å². The maximum Gasteiger partial charge on any atom is 0.222 e. The fraction of sp³-hybridized carbons (Fsp3) is 0.917. The topological polar surface area (TPSA) is 50.4 Å². The summed E-state index contributed by atoms with van der Waals surface area (Å²) in [6.45, 7) is 3.52. The van der Waals surface area contributed by atoms with Crippen molar-refractivity contribution in [1.82, 2.24) is 10.6 Å². The Bertz CT molecular complexity index is 223. The second-order valence-electron chi connectivity index (χ2n) is 4.82. The fourth-order valence-electron chi connectivity index (χ4n) is 1.95. The van der Waals surface area contributed by atoms with Gasteiger partial charge in [0.15, 0.2) is 0 Å². The quantitative estimate of drug-likeness (QED) is 0.700. The van der Waals surface area contributed by atoms with Crippen molar-refractivity contribution in [2.24, 2.45) is 5.92 Å². The molecule has 0 unspecified atom stereocenters. The van der Waals surface area contributed by atoms with Gasteiger partial charge in [0, 0.05) is 13.0 Å². The van der Waals surface area contributed by atoms with E-state index in [-0.39, 0.29) is 5.91 Å². The molecule has 0 aromatic rings. The maximum atomic E-state index is 11.4. The predicted molar refractivity (Wildman–Crippen MR) is 62.2 cm³/mol. The molecule has 2 N–H and O–H groups in total. The van der Waals surface area contributed by atoms with Crippen LogP contribution in [0.2, 0.25) is 0 Å². The van der Waals surface area contributed by atoms with Crippen LogP contribution < -0.4 is 10.6 Å². The molecule has 2 aliphatic rings. The van der Waals surface area contributed by atoms with Crippen LogP contribution in [0.4, 0.5) is 0 Å². The number of amides is 1. The minimum atomic E-state index is 0.140. The van der Waals surface area contributed by atoms with Gasteiger partial charge in [-0.15, -0.1) is 0 Å². The van der Waals surface area contributed by atoms with Crippen LogP contribution in [-0.4, -0.2) is 38.3 Å². The Morgan fingerprint density at radius 1 is 1.25 bits per heavy atom. The lowest BCUT2D eigenvalue weighted by Crippen LogP contribution is -2.33. The molecular formula is C12H22N2O2. The number of nitrogens with one attached hydrogen (secondary N) is 2. The van der Waals surface area contributed by atoms with Crippen LogP contribution in [0.25, 0.3) is 0 Å². The zero-order valence-electron chi connectivity index (χ0n) is 9.84. The van der Waals surface area contributed by atoms with Gasteiger partial charge in [-0.1, -0.05) is 0 Å². The Morgan fingerprint density at radius 3 is 2.69 bits per heavy atom. The minimum Gasteiger partial charge on any atom is -0.378 e. The van der Waals surface area contributed by atoms with Gasteiger partial charge >= 0.3 is 0 Å². The van der Waals surface area contributed by atoms with E-state index in [4.69, 9.17) is 4.74 Å². The largest absolute Gasteiger partial charge is 0.378 e. The van der Waals surface area contributed by atoms with E-state index in [1.807, 2.05) is 0 Å². The molecule has 4 heteroatoms. The number of hydrogen-bond donors (Lipinski definition) is 2. The molecule has 0 radical (unpaired) electrons. The molecule has 2 rings (SSSR count). The summed E-state index contributed by atoms with van der Waals surface area (Å²) in [6.07, 6.45) is 5.58. The highest BCUT2D eigenvalue weighted by Crippen LogP contribution is 2.27. The third kappa shape index (κ3) is 4.49. The number of ether oxygens (including phenoxy) is 1. The molecular weight excluding hydrogens is 204 g/mol. The Hall–Kier alpha value is -0.610.